The van der Waals surface area contributed by atoms with Crippen LogP contribution in [0.2, 0.25) is 0 Å². The van der Waals surface area contributed by atoms with Crippen LogP contribution in [0.1, 0.15) is 27.6 Å². The number of nitrogens with one attached hydrogen (secondary N) is 1. The molecule has 3 aromatic carbocycles. The molecular weight excluding hydrogens is 442 g/mol. The first-order valence-electron chi connectivity index (χ1n) is 10.3. The van der Waals surface area contributed by atoms with Gasteiger partial charge in [-0.25, -0.2) is 12.7 Å². The second-order valence-electron chi connectivity index (χ2n) is 7.60. The monoisotopic (exact) mass is 465 g/mol. The number of sulfonamides is 1. The third kappa shape index (κ3) is 4.20. The quantitative estimate of drug-likeness (QED) is 0.615. The summed E-state index contributed by atoms with van der Waals surface area (Å²) < 4.78 is 31.5. The van der Waals surface area contributed by atoms with Crippen molar-refractivity contribution < 1.29 is 22.7 Å². The van der Waals surface area contributed by atoms with E-state index in [1.54, 1.807) is 29.2 Å². The molecule has 0 unspecified atom stereocenters. The Morgan fingerprint density at radius 3 is 2.36 bits per heavy atom. The highest BCUT2D eigenvalue weighted by Gasteiger charge is 2.27. The molecule has 0 bridgehead atoms. The summed E-state index contributed by atoms with van der Waals surface area (Å²) in [5, 5.41) is 2.76. The molecule has 0 atom stereocenters. The highest BCUT2D eigenvalue weighted by molar-refractivity contribution is 7.89. The Hall–Kier alpha value is -3.69. The van der Waals surface area contributed by atoms with Gasteiger partial charge in [0.1, 0.15) is 5.75 Å². The number of hydrogen-bond acceptors (Lipinski definition) is 5. The van der Waals surface area contributed by atoms with Crippen LogP contribution in [-0.2, 0) is 10.0 Å². The number of nitrogens with zero attached hydrogens (tertiary/aromatic N) is 2. The van der Waals surface area contributed by atoms with Gasteiger partial charge in [0, 0.05) is 31.9 Å². The van der Waals surface area contributed by atoms with E-state index in [-0.39, 0.29) is 16.4 Å². The van der Waals surface area contributed by atoms with Crippen molar-refractivity contribution in [2.24, 2.45) is 0 Å². The molecule has 8 nitrogen and oxygen atoms in total. The molecule has 1 aliphatic heterocycles. The predicted octanol–water partition coefficient (Wildman–Crippen LogP) is 3.96. The number of ether oxygens (including phenoxy) is 1. The van der Waals surface area contributed by atoms with E-state index in [4.69, 9.17) is 4.74 Å². The Morgan fingerprint density at radius 2 is 1.70 bits per heavy atom. The van der Waals surface area contributed by atoms with Gasteiger partial charge in [-0.05, 0) is 61.5 Å². The molecule has 0 spiro atoms. The molecule has 1 aliphatic rings. The molecular formula is C24H23N3O5S. The number of rotatable bonds is 5. The lowest BCUT2D eigenvalue weighted by molar-refractivity contribution is 0.0985. The van der Waals surface area contributed by atoms with Crippen LogP contribution >= 0.6 is 0 Å². The SMILES string of the molecule is CCN1C(=O)c2cc(NC(=O)c3ccc(S(=O)(=O)N(C)C)cc3)ccc2Oc2ccccc21. The molecule has 0 saturated carbocycles. The summed E-state index contributed by atoms with van der Waals surface area (Å²) in [5.74, 6) is 0.323. The van der Waals surface area contributed by atoms with Crippen molar-refractivity contribution in [2.45, 2.75) is 11.8 Å². The van der Waals surface area contributed by atoms with Gasteiger partial charge in [0.25, 0.3) is 11.8 Å². The summed E-state index contributed by atoms with van der Waals surface area (Å²) in [4.78, 5) is 27.6. The molecule has 1 N–H and O–H groups in total. The lowest BCUT2D eigenvalue weighted by atomic mass is 10.1. The standard InChI is InChI=1S/C24H23N3O5S/c1-4-27-20-7-5-6-8-22(20)32-21-14-11-17(15-19(21)24(27)29)25-23(28)16-9-12-18(13-10-16)33(30,31)26(2)3/h5-15H,4H2,1-3H3,(H,25,28). The van der Waals surface area contributed by atoms with E-state index >= 15 is 0 Å². The number of fused-ring (bicyclic) bond motifs is 2. The van der Waals surface area contributed by atoms with Crippen molar-refractivity contribution in [3.63, 3.8) is 0 Å². The summed E-state index contributed by atoms with van der Waals surface area (Å²) in [5.41, 5.74) is 1.72. The zero-order valence-corrected chi connectivity index (χ0v) is 19.2. The average Bonchev–Trinajstić information content (AvgIpc) is 2.92. The van der Waals surface area contributed by atoms with E-state index in [1.165, 1.54) is 38.4 Å². The number of hydrogen-bond donors (Lipinski definition) is 1. The van der Waals surface area contributed by atoms with Crippen LogP contribution in [0.5, 0.6) is 11.5 Å². The van der Waals surface area contributed by atoms with Crippen LogP contribution < -0.4 is 15.0 Å². The number of amides is 2. The Morgan fingerprint density at radius 1 is 1.00 bits per heavy atom. The molecule has 33 heavy (non-hydrogen) atoms. The van der Waals surface area contributed by atoms with Crippen LogP contribution in [0.4, 0.5) is 11.4 Å². The summed E-state index contributed by atoms with van der Waals surface area (Å²) in [6.07, 6.45) is 0. The number of carbonyl (C=O) groups excluding carboxylic acids is 2. The Balaban J connectivity index is 1.60. The minimum atomic E-state index is -3.58. The second kappa shape index (κ2) is 8.68. The van der Waals surface area contributed by atoms with Crippen molar-refractivity contribution in [2.75, 3.05) is 30.9 Å². The Kier molecular flexibility index (Phi) is 5.92. The van der Waals surface area contributed by atoms with E-state index in [0.29, 0.717) is 35.0 Å². The first kappa shape index (κ1) is 22.5. The summed E-state index contributed by atoms with van der Waals surface area (Å²) >= 11 is 0. The van der Waals surface area contributed by atoms with Gasteiger partial charge in [-0.15, -0.1) is 0 Å². The first-order chi connectivity index (χ1) is 15.7. The molecule has 1 heterocycles. The molecule has 0 radical (unpaired) electrons. The van der Waals surface area contributed by atoms with Crippen molar-refractivity contribution in [1.82, 2.24) is 4.31 Å². The predicted molar refractivity (Wildman–Crippen MR) is 126 cm³/mol. The normalized spacial score (nSPS) is 13.1. The first-order valence-corrected chi connectivity index (χ1v) is 11.7. The van der Waals surface area contributed by atoms with Gasteiger partial charge in [-0.1, -0.05) is 12.1 Å². The van der Waals surface area contributed by atoms with Gasteiger partial charge < -0.3 is 15.0 Å². The minimum Gasteiger partial charge on any atom is -0.454 e. The second-order valence-corrected chi connectivity index (χ2v) is 9.75. The van der Waals surface area contributed by atoms with E-state index in [9.17, 15) is 18.0 Å². The highest BCUT2D eigenvalue weighted by Crippen LogP contribution is 2.39. The van der Waals surface area contributed by atoms with Gasteiger partial charge in [0.15, 0.2) is 5.75 Å². The smallest absolute Gasteiger partial charge is 0.262 e. The number of anilines is 2. The lowest BCUT2D eigenvalue weighted by Crippen LogP contribution is -2.29. The summed E-state index contributed by atoms with van der Waals surface area (Å²) in [7, 11) is -0.699. The van der Waals surface area contributed by atoms with Crippen LogP contribution in [0, 0.1) is 0 Å². The largest absolute Gasteiger partial charge is 0.454 e. The topological polar surface area (TPSA) is 96.0 Å². The molecule has 9 heteroatoms. The highest BCUT2D eigenvalue weighted by atomic mass is 32.2. The maximum absolute atomic E-state index is 13.2. The molecule has 0 aromatic heterocycles. The van der Waals surface area contributed by atoms with E-state index in [0.717, 1.165) is 4.31 Å². The minimum absolute atomic E-state index is 0.0936. The van der Waals surface area contributed by atoms with Crippen LogP contribution in [0.25, 0.3) is 0 Å². The van der Waals surface area contributed by atoms with Crippen molar-refractivity contribution in [3.8, 4) is 11.5 Å². The van der Waals surface area contributed by atoms with Crippen LogP contribution in [0.3, 0.4) is 0 Å². The van der Waals surface area contributed by atoms with Gasteiger partial charge >= 0.3 is 0 Å². The third-order valence-electron chi connectivity index (χ3n) is 5.30. The van der Waals surface area contributed by atoms with Crippen molar-refractivity contribution in [1.29, 1.82) is 0 Å². The fourth-order valence-electron chi connectivity index (χ4n) is 3.51. The van der Waals surface area contributed by atoms with Crippen LogP contribution in [0.15, 0.2) is 71.6 Å². The zero-order valence-electron chi connectivity index (χ0n) is 18.4. The Labute approximate surface area is 192 Å². The van der Waals surface area contributed by atoms with Crippen molar-refractivity contribution >= 4 is 33.2 Å². The summed E-state index contributed by atoms with van der Waals surface area (Å²) in [6.45, 7) is 2.34. The number of benzene rings is 3. The van der Waals surface area contributed by atoms with Gasteiger partial charge in [0.2, 0.25) is 10.0 Å². The lowest BCUT2D eigenvalue weighted by Gasteiger charge is -2.19. The zero-order chi connectivity index (χ0) is 23.8. The van der Waals surface area contributed by atoms with Gasteiger partial charge in [-0.3, -0.25) is 9.59 Å². The third-order valence-corrected chi connectivity index (χ3v) is 7.13. The summed E-state index contributed by atoms with van der Waals surface area (Å²) in [6, 6.07) is 17.8. The fourth-order valence-corrected chi connectivity index (χ4v) is 4.41. The molecule has 2 amide bonds. The van der Waals surface area contributed by atoms with Gasteiger partial charge in [-0.2, -0.15) is 0 Å². The van der Waals surface area contributed by atoms with E-state index in [2.05, 4.69) is 5.32 Å². The molecule has 0 fully saturated rings. The maximum Gasteiger partial charge on any atom is 0.262 e. The van der Waals surface area contributed by atoms with Gasteiger partial charge in [0.05, 0.1) is 16.1 Å². The molecule has 3 aromatic rings. The van der Waals surface area contributed by atoms with Crippen LogP contribution in [-0.4, -0.2) is 45.2 Å². The number of carbonyl (C=O) groups is 2. The maximum atomic E-state index is 13.2. The van der Waals surface area contributed by atoms with E-state index < -0.39 is 15.9 Å². The Bertz CT molecular complexity index is 1330. The molecule has 170 valence electrons. The molecule has 0 saturated heterocycles. The van der Waals surface area contributed by atoms with Crippen molar-refractivity contribution in [3.05, 3.63) is 77.9 Å². The average molecular weight is 466 g/mol. The molecule has 4 rings (SSSR count). The van der Waals surface area contributed by atoms with E-state index in [1.807, 2.05) is 25.1 Å². The number of para-hydroxylation sites is 2. The fraction of sp³-hybridized carbons (Fsp3) is 0.167. The molecule has 0 aliphatic carbocycles.